The van der Waals surface area contributed by atoms with Crippen molar-refractivity contribution in [2.75, 3.05) is 17.4 Å². The summed E-state index contributed by atoms with van der Waals surface area (Å²) in [5.74, 6) is 6.78. The molecule has 0 aliphatic heterocycles. The van der Waals surface area contributed by atoms with Crippen molar-refractivity contribution >= 4 is 11.6 Å². The Morgan fingerprint density at radius 1 is 1.32 bits per heavy atom. The van der Waals surface area contributed by atoms with Crippen LogP contribution in [0.2, 0.25) is 0 Å². The van der Waals surface area contributed by atoms with Crippen molar-refractivity contribution in [2.45, 2.75) is 6.54 Å². The first-order valence-electron chi connectivity index (χ1n) is 5.87. The standard InChI is InChI=1S/C14H15N5/c1-19(14-7-3-6-13(17-14)18-16)10-12-5-2-4-11(8-12)9-15/h2-8H,10,16H2,1H3,(H,17,18). The van der Waals surface area contributed by atoms with Crippen molar-refractivity contribution in [2.24, 2.45) is 5.84 Å². The van der Waals surface area contributed by atoms with Crippen molar-refractivity contribution < 1.29 is 0 Å². The van der Waals surface area contributed by atoms with Crippen LogP contribution < -0.4 is 16.2 Å². The van der Waals surface area contributed by atoms with E-state index in [1.807, 2.05) is 42.3 Å². The predicted molar refractivity (Wildman–Crippen MR) is 75.3 cm³/mol. The molecule has 19 heavy (non-hydrogen) atoms. The number of rotatable bonds is 4. The number of aromatic nitrogens is 1. The summed E-state index contributed by atoms with van der Waals surface area (Å²) >= 11 is 0. The first-order chi connectivity index (χ1) is 9.22. The Morgan fingerprint density at radius 2 is 2.11 bits per heavy atom. The van der Waals surface area contributed by atoms with Gasteiger partial charge in [-0.05, 0) is 29.8 Å². The van der Waals surface area contributed by atoms with Crippen LogP contribution in [0.3, 0.4) is 0 Å². The van der Waals surface area contributed by atoms with Crippen LogP contribution >= 0.6 is 0 Å². The van der Waals surface area contributed by atoms with Crippen molar-refractivity contribution in [3.8, 4) is 6.07 Å². The van der Waals surface area contributed by atoms with Gasteiger partial charge in [0.15, 0.2) is 0 Å². The molecule has 0 unspecified atom stereocenters. The van der Waals surface area contributed by atoms with Gasteiger partial charge in [-0.1, -0.05) is 18.2 Å². The lowest BCUT2D eigenvalue weighted by Gasteiger charge is -2.18. The highest BCUT2D eigenvalue weighted by Gasteiger charge is 2.05. The maximum atomic E-state index is 8.88. The summed E-state index contributed by atoms with van der Waals surface area (Å²) in [7, 11) is 1.95. The van der Waals surface area contributed by atoms with Crippen molar-refractivity contribution in [1.82, 2.24) is 4.98 Å². The summed E-state index contributed by atoms with van der Waals surface area (Å²) in [4.78, 5) is 6.35. The lowest BCUT2D eigenvalue weighted by molar-refractivity contribution is 0.897. The number of pyridine rings is 1. The molecule has 0 amide bonds. The third-order valence-electron chi connectivity index (χ3n) is 2.75. The van der Waals surface area contributed by atoms with Gasteiger partial charge in [-0.25, -0.2) is 10.8 Å². The minimum atomic E-state index is 0.620. The molecule has 0 aliphatic rings. The molecule has 1 aromatic heterocycles. The Bertz CT molecular complexity index is 603. The quantitative estimate of drug-likeness (QED) is 0.642. The Labute approximate surface area is 112 Å². The largest absolute Gasteiger partial charge is 0.355 e. The van der Waals surface area contributed by atoms with Crippen LogP contribution in [0.1, 0.15) is 11.1 Å². The monoisotopic (exact) mass is 253 g/mol. The Balaban J connectivity index is 2.15. The molecule has 0 atom stereocenters. The molecule has 0 bridgehead atoms. The zero-order valence-electron chi connectivity index (χ0n) is 10.7. The number of anilines is 2. The first kappa shape index (κ1) is 12.9. The number of nitrogens with two attached hydrogens (primary N) is 1. The van der Waals surface area contributed by atoms with Gasteiger partial charge < -0.3 is 10.3 Å². The summed E-state index contributed by atoms with van der Waals surface area (Å²) in [6, 6.07) is 15.3. The Morgan fingerprint density at radius 3 is 2.84 bits per heavy atom. The third kappa shape index (κ3) is 3.21. The number of nitrogens with one attached hydrogen (secondary N) is 1. The van der Waals surface area contributed by atoms with Gasteiger partial charge in [0, 0.05) is 13.6 Å². The van der Waals surface area contributed by atoms with Crippen molar-refractivity contribution in [3.05, 3.63) is 53.6 Å². The van der Waals surface area contributed by atoms with Gasteiger partial charge in [-0.3, -0.25) is 0 Å². The molecule has 0 spiro atoms. The van der Waals surface area contributed by atoms with E-state index in [-0.39, 0.29) is 0 Å². The number of hydrogen-bond acceptors (Lipinski definition) is 5. The molecule has 1 heterocycles. The summed E-state index contributed by atoms with van der Waals surface area (Å²) in [6.45, 7) is 0.677. The van der Waals surface area contributed by atoms with E-state index in [0.29, 0.717) is 17.9 Å². The van der Waals surface area contributed by atoms with E-state index >= 15 is 0 Å². The average Bonchev–Trinajstić information content (AvgIpc) is 2.47. The number of benzene rings is 1. The fourth-order valence-corrected chi connectivity index (χ4v) is 1.81. The molecule has 0 radical (unpaired) electrons. The number of nitrogens with zero attached hydrogens (tertiary/aromatic N) is 3. The highest BCUT2D eigenvalue weighted by Crippen LogP contribution is 2.15. The van der Waals surface area contributed by atoms with Gasteiger partial charge in [0.1, 0.15) is 11.6 Å². The van der Waals surface area contributed by atoms with Gasteiger partial charge in [0.05, 0.1) is 11.6 Å². The number of nitrogen functional groups attached to an aromatic ring is 1. The molecule has 0 aliphatic carbocycles. The maximum absolute atomic E-state index is 8.88. The molecular weight excluding hydrogens is 238 g/mol. The van der Waals surface area contributed by atoms with E-state index < -0.39 is 0 Å². The molecule has 3 N–H and O–H groups in total. The van der Waals surface area contributed by atoms with E-state index in [2.05, 4.69) is 16.5 Å². The molecular formula is C14H15N5. The third-order valence-corrected chi connectivity index (χ3v) is 2.75. The number of nitriles is 1. The summed E-state index contributed by atoms with van der Waals surface area (Å²) in [6.07, 6.45) is 0. The van der Waals surface area contributed by atoms with Crippen LogP contribution in [0.4, 0.5) is 11.6 Å². The van der Waals surface area contributed by atoms with Gasteiger partial charge in [-0.15, -0.1) is 0 Å². The second-order valence-corrected chi connectivity index (χ2v) is 4.19. The Kier molecular flexibility index (Phi) is 3.96. The summed E-state index contributed by atoms with van der Waals surface area (Å²) < 4.78 is 0. The van der Waals surface area contributed by atoms with Crippen LogP contribution in [-0.2, 0) is 6.54 Å². The fraction of sp³-hybridized carbons (Fsp3) is 0.143. The zero-order valence-corrected chi connectivity index (χ0v) is 10.7. The summed E-state index contributed by atoms with van der Waals surface area (Å²) in [5.41, 5.74) is 4.25. The van der Waals surface area contributed by atoms with Crippen LogP contribution in [0.5, 0.6) is 0 Å². The smallest absolute Gasteiger partial charge is 0.142 e. The first-order valence-corrected chi connectivity index (χ1v) is 5.87. The lowest BCUT2D eigenvalue weighted by Crippen LogP contribution is -2.18. The highest BCUT2D eigenvalue weighted by atomic mass is 15.3. The van der Waals surface area contributed by atoms with Crippen molar-refractivity contribution in [3.63, 3.8) is 0 Å². The minimum absolute atomic E-state index is 0.620. The second-order valence-electron chi connectivity index (χ2n) is 4.19. The molecule has 5 heteroatoms. The van der Waals surface area contributed by atoms with Crippen LogP contribution in [0, 0.1) is 11.3 Å². The van der Waals surface area contributed by atoms with Crippen LogP contribution in [0.25, 0.3) is 0 Å². The Hall–Kier alpha value is -2.58. The van der Waals surface area contributed by atoms with E-state index in [1.54, 1.807) is 12.1 Å². The molecule has 0 saturated carbocycles. The SMILES string of the molecule is CN(Cc1cccc(C#N)c1)c1cccc(NN)n1. The molecule has 2 rings (SSSR count). The minimum Gasteiger partial charge on any atom is -0.355 e. The van der Waals surface area contributed by atoms with Gasteiger partial charge >= 0.3 is 0 Å². The number of hydrogen-bond donors (Lipinski definition) is 2. The zero-order chi connectivity index (χ0) is 13.7. The van der Waals surface area contributed by atoms with Gasteiger partial charge in [0.25, 0.3) is 0 Å². The molecule has 5 nitrogen and oxygen atoms in total. The maximum Gasteiger partial charge on any atom is 0.142 e. The second kappa shape index (κ2) is 5.85. The fourth-order valence-electron chi connectivity index (χ4n) is 1.81. The normalized spacial score (nSPS) is 9.74. The van der Waals surface area contributed by atoms with Crippen LogP contribution in [-0.4, -0.2) is 12.0 Å². The molecule has 0 fully saturated rings. The molecule has 1 aromatic carbocycles. The van der Waals surface area contributed by atoms with Gasteiger partial charge in [-0.2, -0.15) is 5.26 Å². The predicted octanol–water partition coefficient (Wildman–Crippen LogP) is 1.88. The topological polar surface area (TPSA) is 78.0 Å². The van der Waals surface area contributed by atoms with Crippen LogP contribution in [0.15, 0.2) is 42.5 Å². The van der Waals surface area contributed by atoms with Gasteiger partial charge in [0.2, 0.25) is 0 Å². The van der Waals surface area contributed by atoms with E-state index in [0.717, 1.165) is 11.4 Å². The van der Waals surface area contributed by atoms with E-state index in [1.165, 1.54) is 0 Å². The van der Waals surface area contributed by atoms with E-state index in [9.17, 15) is 0 Å². The molecule has 0 saturated heterocycles. The van der Waals surface area contributed by atoms with E-state index in [4.69, 9.17) is 11.1 Å². The van der Waals surface area contributed by atoms with Crippen molar-refractivity contribution in [1.29, 1.82) is 5.26 Å². The number of hydrazine groups is 1. The molecule has 96 valence electrons. The highest BCUT2D eigenvalue weighted by molar-refractivity contribution is 5.46. The molecule has 2 aromatic rings. The summed E-state index contributed by atoms with van der Waals surface area (Å²) in [5, 5.41) is 8.88. The average molecular weight is 253 g/mol. The lowest BCUT2D eigenvalue weighted by atomic mass is 10.1.